The molecular formula is C24H24N4O5. The molecule has 0 aliphatic heterocycles. The number of para-hydroxylation sites is 1. The number of esters is 1. The maximum atomic E-state index is 12.8. The molecule has 9 nitrogen and oxygen atoms in total. The third kappa shape index (κ3) is 5.03. The predicted octanol–water partition coefficient (Wildman–Crippen LogP) is 3.12. The molecule has 0 unspecified atom stereocenters. The second-order valence-electron chi connectivity index (χ2n) is 7.32. The number of benzene rings is 2. The fraction of sp³-hybridized carbons (Fsp3) is 0.250. The van der Waals surface area contributed by atoms with Crippen molar-refractivity contribution in [3.8, 4) is 17.2 Å². The van der Waals surface area contributed by atoms with Crippen LogP contribution >= 0.6 is 0 Å². The Kier molecular flexibility index (Phi) is 6.68. The van der Waals surface area contributed by atoms with Crippen LogP contribution in [0.4, 0.5) is 0 Å². The van der Waals surface area contributed by atoms with Crippen LogP contribution in [0.2, 0.25) is 0 Å². The Morgan fingerprint density at radius 2 is 1.79 bits per heavy atom. The van der Waals surface area contributed by atoms with E-state index >= 15 is 0 Å². The summed E-state index contributed by atoms with van der Waals surface area (Å²) in [4.78, 5) is 29.3. The lowest BCUT2D eigenvalue weighted by Crippen LogP contribution is -2.21. The molecule has 0 fully saturated rings. The molecule has 0 spiro atoms. The van der Waals surface area contributed by atoms with E-state index in [2.05, 4.69) is 10.1 Å². The van der Waals surface area contributed by atoms with Crippen LogP contribution in [0.3, 0.4) is 0 Å². The first-order valence-electron chi connectivity index (χ1n) is 10.5. The molecule has 0 aliphatic carbocycles. The number of nitrogens with zero attached hydrogens (tertiary/aromatic N) is 4. The minimum absolute atomic E-state index is 0.0950. The van der Waals surface area contributed by atoms with Crippen LogP contribution in [-0.2, 0) is 22.7 Å². The molecule has 0 saturated heterocycles. The molecule has 9 heteroatoms. The topological polar surface area (TPSA) is 97.5 Å². The van der Waals surface area contributed by atoms with Gasteiger partial charge in [-0.1, -0.05) is 18.2 Å². The Labute approximate surface area is 190 Å². The van der Waals surface area contributed by atoms with E-state index in [1.807, 2.05) is 42.6 Å². The summed E-state index contributed by atoms with van der Waals surface area (Å²) in [6.07, 6.45) is 3.91. The Morgan fingerprint density at radius 3 is 2.55 bits per heavy atom. The number of carbonyl (C=O) groups excluding carboxylic acids is 1. The third-order valence-corrected chi connectivity index (χ3v) is 5.16. The number of hydrogen-bond donors (Lipinski definition) is 0. The zero-order chi connectivity index (χ0) is 23.2. The summed E-state index contributed by atoms with van der Waals surface area (Å²) in [5, 5.41) is 4.84. The second kappa shape index (κ2) is 9.99. The maximum Gasteiger partial charge on any atom is 0.306 e. The van der Waals surface area contributed by atoms with Crippen LogP contribution in [0.25, 0.3) is 16.6 Å². The fourth-order valence-electron chi connectivity index (χ4n) is 3.43. The normalized spacial score (nSPS) is 10.8. The van der Waals surface area contributed by atoms with Gasteiger partial charge >= 0.3 is 5.97 Å². The fourth-order valence-corrected chi connectivity index (χ4v) is 3.43. The highest BCUT2D eigenvalue weighted by molar-refractivity contribution is 5.81. The highest BCUT2D eigenvalue weighted by Gasteiger charge is 2.12. The first-order chi connectivity index (χ1) is 16.1. The van der Waals surface area contributed by atoms with Gasteiger partial charge in [0.05, 0.1) is 37.1 Å². The number of rotatable bonds is 9. The first kappa shape index (κ1) is 22.1. The van der Waals surface area contributed by atoms with E-state index in [0.29, 0.717) is 41.1 Å². The smallest absolute Gasteiger partial charge is 0.306 e. The van der Waals surface area contributed by atoms with Gasteiger partial charge in [-0.25, -0.2) is 9.67 Å². The van der Waals surface area contributed by atoms with Crippen molar-refractivity contribution in [1.29, 1.82) is 0 Å². The summed E-state index contributed by atoms with van der Waals surface area (Å²) in [6.45, 7) is 0.436. The molecule has 0 N–H and O–H groups in total. The van der Waals surface area contributed by atoms with E-state index in [9.17, 15) is 9.59 Å². The molecule has 0 atom stereocenters. The minimum atomic E-state index is -0.350. The first-order valence-corrected chi connectivity index (χ1v) is 10.5. The summed E-state index contributed by atoms with van der Waals surface area (Å²) in [5.41, 5.74) is 1.90. The van der Waals surface area contributed by atoms with Gasteiger partial charge in [-0.05, 0) is 30.7 Å². The molecule has 4 rings (SSSR count). The van der Waals surface area contributed by atoms with Crippen LogP contribution in [0.5, 0.6) is 11.5 Å². The average molecular weight is 448 g/mol. The van der Waals surface area contributed by atoms with E-state index < -0.39 is 0 Å². The molecule has 0 amide bonds. The molecule has 33 heavy (non-hydrogen) atoms. The van der Waals surface area contributed by atoms with Crippen LogP contribution < -0.4 is 15.0 Å². The van der Waals surface area contributed by atoms with Gasteiger partial charge in [-0.2, -0.15) is 5.10 Å². The molecule has 2 aromatic carbocycles. The summed E-state index contributed by atoms with van der Waals surface area (Å²) < 4.78 is 19.1. The third-order valence-electron chi connectivity index (χ3n) is 5.16. The van der Waals surface area contributed by atoms with E-state index in [0.717, 1.165) is 5.69 Å². The van der Waals surface area contributed by atoms with Gasteiger partial charge in [0.2, 0.25) is 0 Å². The van der Waals surface area contributed by atoms with Crippen molar-refractivity contribution < 1.29 is 19.0 Å². The molecular weight excluding hydrogens is 424 g/mol. The van der Waals surface area contributed by atoms with Crippen molar-refractivity contribution in [2.45, 2.75) is 26.0 Å². The molecule has 2 aromatic heterocycles. The van der Waals surface area contributed by atoms with Crippen molar-refractivity contribution in [3.63, 3.8) is 0 Å². The number of aromatic nitrogens is 4. The molecule has 0 bridgehead atoms. The zero-order valence-electron chi connectivity index (χ0n) is 18.4. The number of aryl methyl sites for hydroxylation is 1. The minimum Gasteiger partial charge on any atom is -0.493 e. The van der Waals surface area contributed by atoms with Gasteiger partial charge in [0.15, 0.2) is 11.5 Å². The highest BCUT2D eigenvalue weighted by atomic mass is 16.5. The monoisotopic (exact) mass is 448 g/mol. The number of carbonyl (C=O) groups is 1. The zero-order valence-corrected chi connectivity index (χ0v) is 18.4. The molecule has 2 heterocycles. The summed E-state index contributed by atoms with van der Waals surface area (Å²) in [5.74, 6) is 0.614. The van der Waals surface area contributed by atoms with Gasteiger partial charge in [0.1, 0.15) is 12.3 Å². The van der Waals surface area contributed by atoms with Gasteiger partial charge in [-0.15, -0.1) is 0 Å². The Hall–Kier alpha value is -4.14. The van der Waals surface area contributed by atoms with Crippen molar-refractivity contribution >= 4 is 16.9 Å². The van der Waals surface area contributed by atoms with Crippen molar-refractivity contribution in [3.05, 3.63) is 77.1 Å². The lowest BCUT2D eigenvalue weighted by Gasteiger charge is -2.10. The standard InChI is InChI=1S/C24H24N4O5/c1-31-21-13-19-20(14-22(21)32-2)25-16-27(24(19)30)11-6-9-23(29)33-15-17-10-12-28(26-17)18-7-4-3-5-8-18/h3-5,7-8,10,12-14,16H,6,9,11,15H2,1-2H3. The van der Waals surface area contributed by atoms with Gasteiger partial charge in [-0.3, -0.25) is 14.2 Å². The molecule has 0 saturated carbocycles. The number of fused-ring (bicyclic) bond motifs is 1. The lowest BCUT2D eigenvalue weighted by molar-refractivity contribution is -0.145. The summed E-state index contributed by atoms with van der Waals surface area (Å²) >= 11 is 0. The van der Waals surface area contributed by atoms with E-state index in [1.165, 1.54) is 25.1 Å². The molecule has 0 aliphatic rings. The Bertz CT molecular complexity index is 1310. The Morgan fingerprint density at radius 1 is 1.03 bits per heavy atom. The van der Waals surface area contributed by atoms with Gasteiger partial charge in [0, 0.05) is 25.2 Å². The van der Waals surface area contributed by atoms with Crippen LogP contribution in [-0.4, -0.2) is 39.5 Å². The van der Waals surface area contributed by atoms with Crippen molar-refractivity contribution in [2.24, 2.45) is 0 Å². The second-order valence-corrected chi connectivity index (χ2v) is 7.32. The van der Waals surface area contributed by atoms with E-state index in [4.69, 9.17) is 14.2 Å². The number of hydrogen-bond acceptors (Lipinski definition) is 7. The quantitative estimate of drug-likeness (QED) is 0.363. The van der Waals surface area contributed by atoms with Crippen LogP contribution in [0, 0.1) is 0 Å². The van der Waals surface area contributed by atoms with Crippen molar-refractivity contribution in [2.75, 3.05) is 14.2 Å². The predicted molar refractivity (Wildman–Crippen MR) is 122 cm³/mol. The molecule has 0 radical (unpaired) electrons. The number of ether oxygens (including phenoxy) is 3. The maximum absolute atomic E-state index is 12.8. The van der Waals surface area contributed by atoms with Crippen LogP contribution in [0.15, 0.2) is 65.8 Å². The SMILES string of the molecule is COc1cc2ncn(CCCC(=O)OCc3ccn(-c4ccccc4)n3)c(=O)c2cc1OC. The largest absolute Gasteiger partial charge is 0.493 e. The van der Waals surface area contributed by atoms with Crippen molar-refractivity contribution in [1.82, 2.24) is 19.3 Å². The Balaban J connectivity index is 1.32. The van der Waals surface area contributed by atoms with Crippen LogP contribution in [0.1, 0.15) is 18.5 Å². The van der Waals surface area contributed by atoms with Gasteiger partial charge in [0.25, 0.3) is 5.56 Å². The molecule has 170 valence electrons. The van der Waals surface area contributed by atoms with E-state index in [-0.39, 0.29) is 24.6 Å². The molecule has 4 aromatic rings. The average Bonchev–Trinajstić information content (AvgIpc) is 3.33. The highest BCUT2D eigenvalue weighted by Crippen LogP contribution is 2.29. The summed E-state index contributed by atoms with van der Waals surface area (Å²) in [6, 6.07) is 14.8. The lowest BCUT2D eigenvalue weighted by atomic mass is 10.2. The number of methoxy groups -OCH3 is 2. The van der Waals surface area contributed by atoms with E-state index in [1.54, 1.807) is 16.8 Å². The van der Waals surface area contributed by atoms with Gasteiger partial charge < -0.3 is 14.2 Å². The summed E-state index contributed by atoms with van der Waals surface area (Å²) in [7, 11) is 3.04.